The maximum Gasteiger partial charge on any atom is 0.349 e. The van der Waals surface area contributed by atoms with E-state index in [-0.39, 0.29) is 36.1 Å². The van der Waals surface area contributed by atoms with E-state index in [1.165, 1.54) is 23.5 Å². The molecule has 0 saturated carbocycles. The molecule has 0 aliphatic rings. The zero-order chi connectivity index (χ0) is 22.5. The van der Waals surface area contributed by atoms with E-state index < -0.39 is 11.5 Å². The Balaban J connectivity index is 1.32. The average molecular weight is 451 g/mol. The quantitative estimate of drug-likeness (QED) is 0.420. The second-order valence-corrected chi connectivity index (χ2v) is 7.83. The third kappa shape index (κ3) is 4.89. The number of hydrogen-bond acceptors (Lipinski definition) is 6. The molecule has 4 aromatic rings. The Hall–Kier alpha value is -3.85. The summed E-state index contributed by atoms with van der Waals surface area (Å²) in [5.74, 6) is -1.28. The number of halogens is 1. The van der Waals surface area contributed by atoms with Crippen LogP contribution in [0, 0.1) is 5.82 Å². The maximum atomic E-state index is 13.6. The zero-order valence-corrected chi connectivity index (χ0v) is 17.6. The van der Waals surface area contributed by atoms with E-state index in [0.717, 1.165) is 0 Å². The van der Waals surface area contributed by atoms with E-state index in [2.05, 4.69) is 15.6 Å². The van der Waals surface area contributed by atoms with Gasteiger partial charge >= 0.3 is 5.63 Å². The van der Waals surface area contributed by atoms with Crippen LogP contribution in [0.25, 0.3) is 11.0 Å². The fraction of sp³-hybridized carbons (Fsp3) is 0.130. The molecule has 2 N–H and O–H groups in total. The summed E-state index contributed by atoms with van der Waals surface area (Å²) in [6, 6.07) is 14.8. The highest BCUT2D eigenvalue weighted by Gasteiger charge is 2.15. The summed E-state index contributed by atoms with van der Waals surface area (Å²) in [5, 5.41) is 8.04. The second kappa shape index (κ2) is 9.52. The van der Waals surface area contributed by atoms with E-state index in [1.807, 2.05) is 0 Å². The molecule has 0 saturated heterocycles. The number of para-hydroxylation sites is 1. The Morgan fingerprint density at radius 1 is 1.03 bits per heavy atom. The van der Waals surface area contributed by atoms with Gasteiger partial charge in [0, 0.05) is 17.3 Å². The standard InChI is InChI=1S/C23H18FN3O4S/c24-17-7-3-1-5-14(17)9-10-25-22(29)18-13-32-20(27-18)12-26-21(28)16-11-15-6-2-4-8-19(15)31-23(16)30/h1-8,11,13H,9-10,12H2,(H,25,29)(H,26,28). The van der Waals surface area contributed by atoms with E-state index >= 15 is 0 Å². The van der Waals surface area contributed by atoms with Crippen molar-refractivity contribution in [3.63, 3.8) is 0 Å². The summed E-state index contributed by atoms with van der Waals surface area (Å²) in [7, 11) is 0. The number of thiazole rings is 1. The van der Waals surface area contributed by atoms with Crippen LogP contribution in [0.4, 0.5) is 4.39 Å². The molecule has 0 aliphatic heterocycles. The molecule has 2 heterocycles. The van der Waals surface area contributed by atoms with Crippen molar-refractivity contribution in [1.29, 1.82) is 0 Å². The lowest BCUT2D eigenvalue weighted by Crippen LogP contribution is -2.28. The van der Waals surface area contributed by atoms with Crippen molar-refractivity contribution in [2.24, 2.45) is 0 Å². The number of nitrogens with zero attached hydrogens (tertiary/aromatic N) is 1. The molecule has 0 radical (unpaired) electrons. The minimum atomic E-state index is -0.727. The summed E-state index contributed by atoms with van der Waals surface area (Å²) in [6.07, 6.45) is 0.361. The molecule has 2 aromatic heterocycles. The monoisotopic (exact) mass is 451 g/mol. The molecule has 9 heteroatoms. The summed E-state index contributed by atoms with van der Waals surface area (Å²) in [5.41, 5.74) is 0.298. The average Bonchev–Trinajstić information content (AvgIpc) is 3.27. The first-order valence-corrected chi connectivity index (χ1v) is 10.7. The lowest BCUT2D eigenvalue weighted by atomic mass is 10.1. The van der Waals surface area contributed by atoms with Crippen LogP contribution >= 0.6 is 11.3 Å². The van der Waals surface area contributed by atoms with Gasteiger partial charge in [0.15, 0.2) is 0 Å². The second-order valence-electron chi connectivity index (χ2n) is 6.89. The lowest BCUT2D eigenvalue weighted by Gasteiger charge is -2.05. The molecule has 0 aliphatic carbocycles. The number of nitrogens with one attached hydrogen (secondary N) is 2. The van der Waals surface area contributed by atoms with Gasteiger partial charge < -0.3 is 15.1 Å². The lowest BCUT2D eigenvalue weighted by molar-refractivity contribution is 0.0943. The van der Waals surface area contributed by atoms with Gasteiger partial charge in [0.05, 0.1) is 6.54 Å². The van der Waals surface area contributed by atoms with Crippen LogP contribution in [0.5, 0.6) is 0 Å². The smallest absolute Gasteiger partial charge is 0.349 e. The summed E-state index contributed by atoms with van der Waals surface area (Å²) >= 11 is 1.21. The van der Waals surface area contributed by atoms with Crippen LogP contribution in [0.2, 0.25) is 0 Å². The Kier molecular flexibility index (Phi) is 6.37. The highest BCUT2D eigenvalue weighted by atomic mass is 32.1. The van der Waals surface area contributed by atoms with Crippen molar-refractivity contribution < 1.29 is 18.4 Å². The van der Waals surface area contributed by atoms with Gasteiger partial charge in [-0.2, -0.15) is 0 Å². The summed E-state index contributed by atoms with van der Waals surface area (Å²) < 4.78 is 18.8. The molecular formula is C23H18FN3O4S. The van der Waals surface area contributed by atoms with Crippen molar-refractivity contribution >= 4 is 34.1 Å². The predicted octanol–water partition coefficient (Wildman–Crippen LogP) is 3.29. The molecule has 4 rings (SSSR count). The maximum absolute atomic E-state index is 13.6. The van der Waals surface area contributed by atoms with Gasteiger partial charge in [-0.15, -0.1) is 11.3 Å². The van der Waals surface area contributed by atoms with Gasteiger partial charge in [0.25, 0.3) is 11.8 Å². The van der Waals surface area contributed by atoms with Gasteiger partial charge in [0.2, 0.25) is 0 Å². The Morgan fingerprint density at radius 2 is 1.81 bits per heavy atom. The van der Waals surface area contributed by atoms with Gasteiger partial charge in [-0.25, -0.2) is 14.2 Å². The van der Waals surface area contributed by atoms with E-state index in [1.54, 1.807) is 47.8 Å². The SMILES string of the molecule is O=C(NCCc1ccccc1F)c1csc(CNC(=O)c2cc3ccccc3oc2=O)n1. The van der Waals surface area contributed by atoms with Crippen LogP contribution in [0.3, 0.4) is 0 Å². The molecule has 0 unspecified atom stereocenters. The minimum Gasteiger partial charge on any atom is -0.422 e. The van der Waals surface area contributed by atoms with Gasteiger partial charge in [-0.3, -0.25) is 9.59 Å². The van der Waals surface area contributed by atoms with Crippen LogP contribution < -0.4 is 16.3 Å². The Labute approximate surface area is 185 Å². The number of amides is 2. The van der Waals surface area contributed by atoms with Crippen molar-refractivity contribution in [1.82, 2.24) is 15.6 Å². The molecule has 32 heavy (non-hydrogen) atoms. The highest BCUT2D eigenvalue weighted by Crippen LogP contribution is 2.13. The topological polar surface area (TPSA) is 101 Å². The minimum absolute atomic E-state index is 0.0538. The Morgan fingerprint density at radius 3 is 2.66 bits per heavy atom. The fourth-order valence-corrected chi connectivity index (χ4v) is 3.78. The molecule has 2 aromatic carbocycles. The van der Waals surface area contributed by atoms with Gasteiger partial charge in [-0.1, -0.05) is 36.4 Å². The van der Waals surface area contributed by atoms with E-state index in [0.29, 0.717) is 28.0 Å². The predicted molar refractivity (Wildman–Crippen MR) is 118 cm³/mol. The molecule has 7 nitrogen and oxygen atoms in total. The normalized spacial score (nSPS) is 10.8. The van der Waals surface area contributed by atoms with Crippen LogP contribution in [-0.2, 0) is 13.0 Å². The van der Waals surface area contributed by atoms with Gasteiger partial charge in [0.1, 0.15) is 27.7 Å². The number of carbonyl (C=O) groups is 2. The third-order valence-corrected chi connectivity index (χ3v) is 5.56. The third-order valence-electron chi connectivity index (χ3n) is 4.71. The number of rotatable bonds is 7. The number of fused-ring (bicyclic) bond motifs is 1. The molecule has 0 spiro atoms. The Bertz CT molecular complexity index is 1350. The number of carbonyl (C=O) groups excluding carboxylic acids is 2. The zero-order valence-electron chi connectivity index (χ0n) is 16.8. The van der Waals surface area contributed by atoms with Gasteiger partial charge in [-0.05, 0) is 30.2 Å². The molecular weight excluding hydrogens is 433 g/mol. The molecule has 0 atom stereocenters. The first-order chi connectivity index (χ1) is 15.5. The van der Waals surface area contributed by atoms with Crippen LogP contribution in [0.15, 0.2) is 69.2 Å². The first kappa shape index (κ1) is 21.4. The van der Waals surface area contributed by atoms with Crippen molar-refractivity contribution in [3.05, 3.63) is 98.0 Å². The van der Waals surface area contributed by atoms with Crippen molar-refractivity contribution in [3.8, 4) is 0 Å². The number of hydrogen-bond donors (Lipinski definition) is 2. The summed E-state index contributed by atoms with van der Waals surface area (Å²) in [6.45, 7) is 0.319. The van der Waals surface area contributed by atoms with Crippen molar-refractivity contribution in [2.75, 3.05) is 6.54 Å². The van der Waals surface area contributed by atoms with E-state index in [9.17, 15) is 18.8 Å². The van der Waals surface area contributed by atoms with Crippen LogP contribution in [-0.4, -0.2) is 23.3 Å². The number of aromatic nitrogens is 1. The largest absolute Gasteiger partial charge is 0.422 e. The van der Waals surface area contributed by atoms with Crippen LogP contribution in [0.1, 0.15) is 31.4 Å². The van der Waals surface area contributed by atoms with Crippen molar-refractivity contribution in [2.45, 2.75) is 13.0 Å². The highest BCUT2D eigenvalue weighted by molar-refractivity contribution is 7.09. The molecule has 0 fully saturated rings. The molecule has 2 amide bonds. The first-order valence-electron chi connectivity index (χ1n) is 9.78. The summed E-state index contributed by atoms with van der Waals surface area (Å²) in [4.78, 5) is 41.0. The molecule has 0 bridgehead atoms. The molecule has 162 valence electrons. The number of benzene rings is 2. The fourth-order valence-electron chi connectivity index (χ4n) is 3.07. The van der Waals surface area contributed by atoms with E-state index in [4.69, 9.17) is 4.42 Å².